The van der Waals surface area contributed by atoms with Gasteiger partial charge in [0.2, 0.25) is 5.91 Å². The zero-order valence-corrected chi connectivity index (χ0v) is 10.7. The third-order valence-electron chi connectivity index (χ3n) is 2.86. The van der Waals surface area contributed by atoms with Gasteiger partial charge in [0.1, 0.15) is 0 Å². The topological polar surface area (TPSA) is 29.1 Å². The SMILES string of the molecule is CC(=O)NC(c1ccccc1)c1cccc(C)c1. The third kappa shape index (κ3) is 2.98. The molecule has 2 rings (SSSR count). The number of carbonyl (C=O) groups excluding carboxylic acids is 1. The van der Waals surface area contributed by atoms with Crippen molar-refractivity contribution in [1.29, 1.82) is 0 Å². The van der Waals surface area contributed by atoms with Crippen molar-refractivity contribution in [3.05, 3.63) is 71.3 Å². The molecule has 2 aromatic carbocycles. The largest absolute Gasteiger partial charge is 0.345 e. The lowest BCUT2D eigenvalue weighted by Gasteiger charge is -2.19. The standard InChI is InChI=1S/C16H17NO/c1-12-7-6-10-15(11-12)16(17-13(2)18)14-8-4-3-5-9-14/h3-11,16H,1-2H3,(H,17,18). The van der Waals surface area contributed by atoms with E-state index in [1.807, 2.05) is 42.5 Å². The molecule has 2 nitrogen and oxygen atoms in total. The molecule has 0 bridgehead atoms. The molecular formula is C16H17NO. The summed E-state index contributed by atoms with van der Waals surface area (Å²) in [5, 5.41) is 3.00. The van der Waals surface area contributed by atoms with Gasteiger partial charge in [-0.05, 0) is 18.1 Å². The summed E-state index contributed by atoms with van der Waals surface area (Å²) in [6.07, 6.45) is 0. The normalized spacial score (nSPS) is 11.9. The lowest BCUT2D eigenvalue weighted by atomic mass is 9.97. The van der Waals surface area contributed by atoms with Crippen LogP contribution in [0.2, 0.25) is 0 Å². The predicted molar refractivity (Wildman–Crippen MR) is 73.3 cm³/mol. The van der Waals surface area contributed by atoms with E-state index in [2.05, 4.69) is 24.4 Å². The molecule has 1 N–H and O–H groups in total. The minimum atomic E-state index is -0.0800. The molecule has 0 saturated heterocycles. The van der Waals surface area contributed by atoms with E-state index in [9.17, 15) is 4.79 Å². The molecule has 2 aromatic rings. The quantitative estimate of drug-likeness (QED) is 0.875. The van der Waals surface area contributed by atoms with Gasteiger partial charge in [-0.15, -0.1) is 0 Å². The fraction of sp³-hybridized carbons (Fsp3) is 0.188. The number of hydrogen-bond acceptors (Lipinski definition) is 1. The summed E-state index contributed by atoms with van der Waals surface area (Å²) in [5.74, 6) is -0.0228. The minimum Gasteiger partial charge on any atom is -0.345 e. The van der Waals surface area contributed by atoms with Crippen LogP contribution in [0.3, 0.4) is 0 Å². The summed E-state index contributed by atoms with van der Waals surface area (Å²) >= 11 is 0. The van der Waals surface area contributed by atoms with Crippen LogP contribution in [-0.2, 0) is 4.79 Å². The van der Waals surface area contributed by atoms with Crippen molar-refractivity contribution in [2.75, 3.05) is 0 Å². The third-order valence-corrected chi connectivity index (χ3v) is 2.86. The van der Waals surface area contributed by atoms with Gasteiger partial charge in [0.15, 0.2) is 0 Å². The molecule has 0 aliphatic rings. The molecule has 0 fully saturated rings. The summed E-state index contributed by atoms with van der Waals surface area (Å²) in [7, 11) is 0. The molecule has 18 heavy (non-hydrogen) atoms. The molecule has 1 atom stereocenters. The highest BCUT2D eigenvalue weighted by Crippen LogP contribution is 2.22. The number of amides is 1. The van der Waals surface area contributed by atoms with Gasteiger partial charge in [0.25, 0.3) is 0 Å². The first-order valence-corrected chi connectivity index (χ1v) is 6.05. The Labute approximate surface area is 108 Å². The first-order valence-electron chi connectivity index (χ1n) is 6.05. The van der Waals surface area contributed by atoms with E-state index in [0.29, 0.717) is 0 Å². The van der Waals surface area contributed by atoms with E-state index in [1.54, 1.807) is 6.92 Å². The van der Waals surface area contributed by atoms with Crippen LogP contribution in [-0.4, -0.2) is 5.91 Å². The van der Waals surface area contributed by atoms with Crippen molar-refractivity contribution >= 4 is 5.91 Å². The minimum absolute atomic E-state index is 0.0228. The van der Waals surface area contributed by atoms with Crippen molar-refractivity contribution in [1.82, 2.24) is 5.32 Å². The van der Waals surface area contributed by atoms with Crippen LogP contribution >= 0.6 is 0 Å². The van der Waals surface area contributed by atoms with E-state index in [1.165, 1.54) is 5.56 Å². The Morgan fingerprint density at radius 1 is 1.00 bits per heavy atom. The van der Waals surface area contributed by atoms with Gasteiger partial charge >= 0.3 is 0 Å². The molecule has 0 aromatic heterocycles. The number of hydrogen-bond donors (Lipinski definition) is 1. The maximum Gasteiger partial charge on any atom is 0.217 e. The number of aryl methyl sites for hydroxylation is 1. The van der Waals surface area contributed by atoms with Crippen molar-refractivity contribution in [2.45, 2.75) is 19.9 Å². The Morgan fingerprint density at radius 3 is 2.28 bits per heavy atom. The Morgan fingerprint density at radius 2 is 1.67 bits per heavy atom. The second kappa shape index (κ2) is 5.50. The number of rotatable bonds is 3. The van der Waals surface area contributed by atoms with Gasteiger partial charge in [0.05, 0.1) is 6.04 Å². The zero-order valence-electron chi connectivity index (χ0n) is 10.7. The first kappa shape index (κ1) is 12.4. The van der Waals surface area contributed by atoms with Crippen molar-refractivity contribution in [3.8, 4) is 0 Å². The maximum atomic E-state index is 11.4. The van der Waals surface area contributed by atoms with Crippen LogP contribution in [0, 0.1) is 6.92 Å². The lowest BCUT2D eigenvalue weighted by Crippen LogP contribution is -2.26. The lowest BCUT2D eigenvalue weighted by molar-refractivity contribution is -0.119. The van der Waals surface area contributed by atoms with Gasteiger partial charge in [-0.1, -0.05) is 60.2 Å². The smallest absolute Gasteiger partial charge is 0.217 e. The molecule has 0 aliphatic carbocycles. The van der Waals surface area contributed by atoms with Crippen molar-refractivity contribution in [2.24, 2.45) is 0 Å². The van der Waals surface area contributed by atoms with E-state index in [4.69, 9.17) is 0 Å². The summed E-state index contributed by atoms with van der Waals surface area (Å²) in [6, 6.07) is 18.1. The van der Waals surface area contributed by atoms with Crippen LogP contribution in [0.4, 0.5) is 0 Å². The summed E-state index contributed by atoms with van der Waals surface area (Å²) in [6.45, 7) is 3.60. The van der Waals surface area contributed by atoms with Gasteiger partial charge in [-0.25, -0.2) is 0 Å². The molecule has 0 radical (unpaired) electrons. The summed E-state index contributed by atoms with van der Waals surface area (Å²) in [5.41, 5.74) is 3.40. The summed E-state index contributed by atoms with van der Waals surface area (Å²) in [4.78, 5) is 11.4. The first-order chi connectivity index (χ1) is 8.66. The molecule has 0 spiro atoms. The fourth-order valence-electron chi connectivity index (χ4n) is 2.06. The zero-order chi connectivity index (χ0) is 13.0. The number of carbonyl (C=O) groups is 1. The molecular weight excluding hydrogens is 222 g/mol. The van der Waals surface area contributed by atoms with E-state index in [-0.39, 0.29) is 11.9 Å². The average Bonchev–Trinajstić information content (AvgIpc) is 2.37. The van der Waals surface area contributed by atoms with Crippen molar-refractivity contribution in [3.63, 3.8) is 0 Å². The monoisotopic (exact) mass is 239 g/mol. The van der Waals surface area contributed by atoms with Crippen LogP contribution in [0.1, 0.15) is 29.7 Å². The second-order valence-corrected chi connectivity index (χ2v) is 4.46. The molecule has 0 saturated carbocycles. The van der Waals surface area contributed by atoms with Crippen LogP contribution in [0.25, 0.3) is 0 Å². The van der Waals surface area contributed by atoms with E-state index < -0.39 is 0 Å². The molecule has 1 amide bonds. The highest BCUT2D eigenvalue weighted by atomic mass is 16.1. The van der Waals surface area contributed by atoms with Gasteiger partial charge in [-0.2, -0.15) is 0 Å². The highest BCUT2D eigenvalue weighted by Gasteiger charge is 2.14. The van der Waals surface area contributed by atoms with E-state index in [0.717, 1.165) is 11.1 Å². The fourth-order valence-corrected chi connectivity index (χ4v) is 2.06. The number of nitrogens with one attached hydrogen (secondary N) is 1. The molecule has 92 valence electrons. The van der Waals surface area contributed by atoms with Crippen LogP contribution < -0.4 is 5.32 Å². The maximum absolute atomic E-state index is 11.4. The predicted octanol–water partition coefficient (Wildman–Crippen LogP) is 3.22. The molecule has 0 heterocycles. The Hall–Kier alpha value is -2.09. The second-order valence-electron chi connectivity index (χ2n) is 4.46. The van der Waals surface area contributed by atoms with Gasteiger partial charge in [-0.3, -0.25) is 4.79 Å². The molecule has 0 aliphatic heterocycles. The molecule has 2 heteroatoms. The Kier molecular flexibility index (Phi) is 3.78. The van der Waals surface area contributed by atoms with E-state index >= 15 is 0 Å². The number of benzene rings is 2. The molecule has 1 unspecified atom stereocenters. The van der Waals surface area contributed by atoms with Crippen molar-refractivity contribution < 1.29 is 4.79 Å². The van der Waals surface area contributed by atoms with Gasteiger partial charge in [0, 0.05) is 6.92 Å². The Balaban J connectivity index is 2.40. The van der Waals surface area contributed by atoms with Crippen LogP contribution in [0.5, 0.6) is 0 Å². The average molecular weight is 239 g/mol. The highest BCUT2D eigenvalue weighted by molar-refractivity contribution is 5.74. The Bertz CT molecular complexity index is 534. The van der Waals surface area contributed by atoms with Crippen LogP contribution in [0.15, 0.2) is 54.6 Å². The van der Waals surface area contributed by atoms with Gasteiger partial charge < -0.3 is 5.32 Å². The summed E-state index contributed by atoms with van der Waals surface area (Å²) < 4.78 is 0.